The van der Waals surface area contributed by atoms with Crippen LogP contribution < -0.4 is 11.4 Å². The third-order valence-electron chi connectivity index (χ3n) is 2.49. The smallest absolute Gasteiger partial charge is 0.353 e. The number of thioether (sulfide) groups is 1. The van der Waals surface area contributed by atoms with Gasteiger partial charge in [-0.1, -0.05) is 0 Å². The Balaban J connectivity index is 2.32. The SMILES string of the molecule is Nc1ncn([C@@H]2S[C@H](CO)[C@@H](O)[C@@H]2F)c(=O)n1. The molecule has 0 aliphatic carbocycles. The summed E-state index contributed by atoms with van der Waals surface area (Å²) in [6, 6.07) is 0. The van der Waals surface area contributed by atoms with Crippen molar-refractivity contribution >= 4 is 17.7 Å². The quantitative estimate of drug-likeness (QED) is 0.596. The maximum atomic E-state index is 13.8. The van der Waals surface area contributed by atoms with Crippen LogP contribution in [0, 0.1) is 0 Å². The van der Waals surface area contributed by atoms with Gasteiger partial charge in [0.15, 0.2) is 6.17 Å². The van der Waals surface area contributed by atoms with Gasteiger partial charge in [0.1, 0.15) is 17.8 Å². The van der Waals surface area contributed by atoms with E-state index < -0.39 is 28.6 Å². The first-order valence-electron chi connectivity index (χ1n) is 4.83. The number of alkyl halides is 1. The van der Waals surface area contributed by atoms with E-state index in [1.807, 2.05) is 0 Å². The first-order valence-corrected chi connectivity index (χ1v) is 5.78. The maximum Gasteiger partial charge on any atom is 0.353 e. The molecule has 0 radical (unpaired) electrons. The molecule has 17 heavy (non-hydrogen) atoms. The molecule has 4 atom stereocenters. The summed E-state index contributed by atoms with van der Waals surface area (Å²) in [6.45, 7) is -0.368. The summed E-state index contributed by atoms with van der Waals surface area (Å²) in [7, 11) is 0. The van der Waals surface area contributed by atoms with Crippen LogP contribution in [0.1, 0.15) is 5.37 Å². The second-order valence-corrected chi connectivity index (χ2v) is 4.95. The van der Waals surface area contributed by atoms with Gasteiger partial charge < -0.3 is 15.9 Å². The molecule has 0 bridgehead atoms. The second-order valence-electron chi connectivity index (χ2n) is 3.59. The van der Waals surface area contributed by atoms with E-state index >= 15 is 0 Å². The van der Waals surface area contributed by atoms with E-state index in [0.717, 1.165) is 22.7 Å². The third-order valence-corrected chi connectivity index (χ3v) is 4.04. The fourth-order valence-electron chi connectivity index (χ4n) is 1.61. The van der Waals surface area contributed by atoms with Crippen molar-refractivity contribution in [3.05, 3.63) is 16.8 Å². The zero-order chi connectivity index (χ0) is 12.6. The van der Waals surface area contributed by atoms with Crippen molar-refractivity contribution in [2.24, 2.45) is 0 Å². The van der Waals surface area contributed by atoms with Gasteiger partial charge >= 0.3 is 5.69 Å². The average molecular weight is 262 g/mol. The van der Waals surface area contributed by atoms with Gasteiger partial charge in [0, 0.05) is 0 Å². The van der Waals surface area contributed by atoms with Crippen LogP contribution in [0.2, 0.25) is 0 Å². The van der Waals surface area contributed by atoms with E-state index in [1.54, 1.807) is 0 Å². The van der Waals surface area contributed by atoms with Crippen molar-refractivity contribution in [3.8, 4) is 0 Å². The molecule has 0 spiro atoms. The van der Waals surface area contributed by atoms with Gasteiger partial charge in [-0.2, -0.15) is 4.98 Å². The van der Waals surface area contributed by atoms with Crippen LogP contribution in [-0.4, -0.2) is 48.9 Å². The number of nitrogens with zero attached hydrogens (tertiary/aromatic N) is 3. The summed E-state index contributed by atoms with van der Waals surface area (Å²) in [5, 5.41) is 16.8. The average Bonchev–Trinajstić information content (AvgIpc) is 2.57. The zero-order valence-corrected chi connectivity index (χ0v) is 9.42. The number of anilines is 1. The lowest BCUT2D eigenvalue weighted by Crippen LogP contribution is -2.33. The van der Waals surface area contributed by atoms with E-state index in [1.165, 1.54) is 0 Å². The largest absolute Gasteiger partial charge is 0.395 e. The summed E-state index contributed by atoms with van der Waals surface area (Å²) in [4.78, 5) is 18.5. The molecule has 0 unspecified atom stereocenters. The Hall–Kier alpha value is -1.19. The van der Waals surface area contributed by atoms with E-state index in [2.05, 4.69) is 9.97 Å². The molecule has 0 amide bonds. The number of aliphatic hydroxyl groups excluding tert-OH is 2. The van der Waals surface area contributed by atoms with Gasteiger partial charge in [0.2, 0.25) is 5.95 Å². The highest BCUT2D eigenvalue weighted by Crippen LogP contribution is 2.42. The van der Waals surface area contributed by atoms with Gasteiger partial charge in [-0.25, -0.2) is 14.2 Å². The zero-order valence-electron chi connectivity index (χ0n) is 8.60. The van der Waals surface area contributed by atoms with E-state index in [0.29, 0.717) is 0 Å². The maximum absolute atomic E-state index is 13.8. The number of hydrogen-bond acceptors (Lipinski definition) is 7. The van der Waals surface area contributed by atoms with Gasteiger partial charge in [-0.05, 0) is 0 Å². The fourth-order valence-corrected chi connectivity index (χ4v) is 2.95. The highest BCUT2D eigenvalue weighted by molar-refractivity contribution is 8.00. The van der Waals surface area contributed by atoms with E-state index in [4.69, 9.17) is 10.8 Å². The molecule has 9 heteroatoms. The van der Waals surface area contributed by atoms with Crippen LogP contribution in [0.15, 0.2) is 11.1 Å². The van der Waals surface area contributed by atoms with Crippen LogP contribution in [0.4, 0.5) is 10.3 Å². The number of aliphatic hydroxyl groups is 2. The Morgan fingerprint density at radius 1 is 1.65 bits per heavy atom. The molecule has 94 valence electrons. The van der Waals surface area contributed by atoms with Crippen LogP contribution in [0.3, 0.4) is 0 Å². The lowest BCUT2D eigenvalue weighted by atomic mass is 10.1. The van der Waals surface area contributed by atoms with Crippen molar-refractivity contribution < 1.29 is 14.6 Å². The standard InChI is InChI=1S/C8H11FN4O3S/c9-4-5(15)3(1-14)17-6(4)13-2-11-7(10)12-8(13)16/h2-6,14-15H,1H2,(H2,10,12,16)/t3-,4+,5-,6-/m1/s1. The number of halogens is 1. The van der Waals surface area contributed by atoms with Crippen LogP contribution >= 0.6 is 11.8 Å². The Kier molecular flexibility index (Phi) is 3.31. The van der Waals surface area contributed by atoms with E-state index in [-0.39, 0.29) is 12.6 Å². The molecule has 0 aromatic carbocycles. The summed E-state index contributed by atoms with van der Waals surface area (Å²) in [5.74, 6) is -0.191. The minimum atomic E-state index is -1.66. The van der Waals surface area contributed by atoms with Crippen molar-refractivity contribution in [3.63, 3.8) is 0 Å². The second kappa shape index (κ2) is 4.59. The molecule has 1 aromatic rings. The first-order chi connectivity index (χ1) is 8.04. The van der Waals surface area contributed by atoms with Crippen molar-refractivity contribution in [2.45, 2.75) is 22.9 Å². The molecule has 0 saturated carbocycles. The van der Waals surface area contributed by atoms with Gasteiger partial charge in [0.25, 0.3) is 0 Å². The normalized spacial score (nSPS) is 32.9. The Morgan fingerprint density at radius 2 is 2.35 bits per heavy atom. The van der Waals surface area contributed by atoms with Crippen molar-refractivity contribution in [1.82, 2.24) is 14.5 Å². The molecule has 1 aliphatic rings. The molecular weight excluding hydrogens is 251 g/mol. The number of nitrogens with two attached hydrogens (primary N) is 1. The van der Waals surface area contributed by atoms with E-state index in [9.17, 15) is 14.3 Å². The monoisotopic (exact) mass is 262 g/mol. The Morgan fingerprint density at radius 3 is 2.88 bits per heavy atom. The molecule has 1 saturated heterocycles. The first kappa shape index (κ1) is 12.3. The molecule has 2 heterocycles. The Bertz CT molecular complexity index is 470. The number of aromatic nitrogens is 3. The molecule has 1 aliphatic heterocycles. The lowest BCUT2D eigenvalue weighted by molar-refractivity contribution is 0.0630. The summed E-state index contributed by atoms with van der Waals surface area (Å²) in [6.07, 6.45) is -1.90. The number of nitrogen functional groups attached to an aromatic ring is 1. The predicted molar refractivity (Wildman–Crippen MR) is 59.1 cm³/mol. The van der Waals surface area contributed by atoms with Gasteiger partial charge in [-0.3, -0.25) is 4.57 Å². The van der Waals surface area contributed by atoms with Crippen LogP contribution in [-0.2, 0) is 0 Å². The molecule has 2 rings (SSSR count). The van der Waals surface area contributed by atoms with Gasteiger partial charge in [-0.15, -0.1) is 11.8 Å². The van der Waals surface area contributed by atoms with Crippen LogP contribution in [0.25, 0.3) is 0 Å². The number of hydrogen-bond donors (Lipinski definition) is 3. The molecule has 7 nitrogen and oxygen atoms in total. The summed E-state index contributed by atoms with van der Waals surface area (Å²) in [5.41, 5.74) is 4.48. The number of rotatable bonds is 2. The topological polar surface area (TPSA) is 114 Å². The van der Waals surface area contributed by atoms with Crippen molar-refractivity contribution in [1.29, 1.82) is 0 Å². The summed E-state index contributed by atoms with van der Waals surface area (Å²) >= 11 is 0.967. The minimum Gasteiger partial charge on any atom is -0.395 e. The highest BCUT2D eigenvalue weighted by Gasteiger charge is 2.44. The van der Waals surface area contributed by atoms with Crippen LogP contribution in [0.5, 0.6) is 0 Å². The third kappa shape index (κ3) is 2.13. The Labute approximate surface area is 99.5 Å². The molecular formula is C8H11FN4O3S. The van der Waals surface area contributed by atoms with Crippen molar-refractivity contribution in [2.75, 3.05) is 12.3 Å². The molecule has 1 aromatic heterocycles. The predicted octanol–water partition coefficient (Wildman–Crippen LogP) is -1.47. The summed E-state index contributed by atoms with van der Waals surface area (Å²) < 4.78 is 14.7. The fraction of sp³-hybridized carbons (Fsp3) is 0.625. The molecule has 4 N–H and O–H groups in total. The lowest BCUT2D eigenvalue weighted by Gasteiger charge is -2.14. The van der Waals surface area contributed by atoms with Gasteiger partial charge in [0.05, 0.1) is 11.9 Å². The highest BCUT2D eigenvalue weighted by atomic mass is 32.2. The molecule has 1 fully saturated rings. The minimum absolute atomic E-state index is 0.191.